The topological polar surface area (TPSA) is 15.3 Å². The van der Waals surface area contributed by atoms with E-state index >= 15 is 0 Å². The van der Waals surface area contributed by atoms with Gasteiger partial charge in [0.15, 0.2) is 0 Å². The third-order valence-corrected chi connectivity index (χ3v) is 2.07. The second-order valence-electron chi connectivity index (χ2n) is 3.67. The van der Waals surface area contributed by atoms with Crippen LogP contribution in [0.5, 0.6) is 0 Å². The van der Waals surface area contributed by atoms with E-state index in [1.165, 1.54) is 5.57 Å². The Morgan fingerprint density at radius 1 is 1.50 bits per heavy atom. The average molecular weight is 170 g/mol. The van der Waals surface area contributed by atoms with Crippen LogP contribution in [0.15, 0.2) is 11.6 Å². The first kappa shape index (κ1) is 11.7. The van der Waals surface area contributed by atoms with E-state index in [2.05, 4.69) is 44.2 Å². The minimum Gasteiger partial charge on any atom is -0.319 e. The molecule has 0 rings (SSSR count). The molecule has 0 fully saturated rings. The van der Waals surface area contributed by atoms with Crippen LogP contribution in [0.25, 0.3) is 0 Å². The first-order valence-electron chi connectivity index (χ1n) is 4.54. The molecule has 1 atom stereocenters. The molecule has 0 spiro atoms. The summed E-state index contributed by atoms with van der Waals surface area (Å²) in [6.07, 6.45) is 2.29. The summed E-state index contributed by atoms with van der Waals surface area (Å²) >= 11 is 0. The molecular weight excluding hydrogens is 148 g/mol. The molecule has 1 unspecified atom stereocenters. The zero-order valence-electron chi connectivity index (χ0n) is 9.02. The van der Waals surface area contributed by atoms with Gasteiger partial charge in [-0.05, 0) is 34.0 Å². The Morgan fingerprint density at radius 3 is 2.50 bits per heavy atom. The Hall–Kier alpha value is -0.340. The van der Waals surface area contributed by atoms with Crippen molar-refractivity contribution in [1.29, 1.82) is 0 Å². The number of nitrogens with zero attached hydrogens (tertiary/aromatic N) is 1. The van der Waals surface area contributed by atoms with Gasteiger partial charge in [-0.2, -0.15) is 0 Å². The predicted octanol–water partition coefficient (Wildman–Crippen LogP) is 1.35. The Labute approximate surface area is 76.6 Å². The number of hydrogen-bond acceptors (Lipinski definition) is 2. The van der Waals surface area contributed by atoms with Gasteiger partial charge in [-0.3, -0.25) is 0 Å². The molecule has 2 heteroatoms. The lowest BCUT2D eigenvalue weighted by atomic mass is 10.0. The van der Waals surface area contributed by atoms with Gasteiger partial charge in [0.25, 0.3) is 0 Å². The summed E-state index contributed by atoms with van der Waals surface area (Å²) < 4.78 is 0. The molecule has 0 saturated heterocycles. The lowest BCUT2D eigenvalue weighted by Gasteiger charge is -2.13. The molecule has 0 aliphatic carbocycles. The maximum absolute atomic E-state index is 3.18. The van der Waals surface area contributed by atoms with Crippen LogP contribution >= 0.6 is 0 Å². The highest BCUT2D eigenvalue weighted by atomic mass is 15.0. The molecule has 0 amide bonds. The average Bonchev–Trinajstić information content (AvgIpc) is 2.00. The minimum absolute atomic E-state index is 0.648. The molecule has 0 aliphatic rings. The van der Waals surface area contributed by atoms with E-state index in [4.69, 9.17) is 0 Å². The standard InChI is InChI=1S/C10H22N2/c1-9(6-7-12(4)5)10(2)8-11-3/h6,10-11H,7-8H2,1-5H3/b9-6-. The highest BCUT2D eigenvalue weighted by Crippen LogP contribution is 2.07. The molecular formula is C10H22N2. The maximum atomic E-state index is 3.18. The van der Waals surface area contributed by atoms with Crippen molar-refractivity contribution >= 4 is 0 Å². The van der Waals surface area contributed by atoms with Crippen molar-refractivity contribution in [3.63, 3.8) is 0 Å². The van der Waals surface area contributed by atoms with Crippen molar-refractivity contribution in [3.05, 3.63) is 11.6 Å². The van der Waals surface area contributed by atoms with Gasteiger partial charge in [0.1, 0.15) is 0 Å². The number of rotatable bonds is 5. The van der Waals surface area contributed by atoms with E-state index in [1.807, 2.05) is 7.05 Å². The normalized spacial score (nSPS) is 15.3. The van der Waals surface area contributed by atoms with Crippen molar-refractivity contribution < 1.29 is 0 Å². The van der Waals surface area contributed by atoms with Gasteiger partial charge < -0.3 is 10.2 Å². The Kier molecular flexibility index (Phi) is 6.03. The highest BCUT2D eigenvalue weighted by Gasteiger charge is 2.01. The van der Waals surface area contributed by atoms with E-state index in [9.17, 15) is 0 Å². The highest BCUT2D eigenvalue weighted by molar-refractivity contribution is 5.03. The van der Waals surface area contributed by atoms with Crippen LogP contribution in [0, 0.1) is 5.92 Å². The van der Waals surface area contributed by atoms with Gasteiger partial charge in [0, 0.05) is 13.1 Å². The number of hydrogen-bond donors (Lipinski definition) is 1. The second-order valence-corrected chi connectivity index (χ2v) is 3.67. The summed E-state index contributed by atoms with van der Waals surface area (Å²) in [7, 11) is 6.18. The molecule has 0 aromatic carbocycles. The van der Waals surface area contributed by atoms with Crippen LogP contribution in [0.2, 0.25) is 0 Å². The van der Waals surface area contributed by atoms with E-state index in [0.29, 0.717) is 5.92 Å². The Morgan fingerprint density at radius 2 is 2.08 bits per heavy atom. The van der Waals surface area contributed by atoms with Gasteiger partial charge in [-0.1, -0.05) is 18.6 Å². The van der Waals surface area contributed by atoms with Crippen LogP contribution in [-0.2, 0) is 0 Å². The summed E-state index contributed by atoms with van der Waals surface area (Å²) in [4.78, 5) is 2.18. The molecule has 12 heavy (non-hydrogen) atoms. The van der Waals surface area contributed by atoms with Crippen LogP contribution in [-0.4, -0.2) is 39.1 Å². The van der Waals surface area contributed by atoms with Crippen LogP contribution < -0.4 is 5.32 Å². The van der Waals surface area contributed by atoms with Gasteiger partial charge in [0.2, 0.25) is 0 Å². The molecule has 0 aliphatic heterocycles. The molecule has 0 radical (unpaired) electrons. The molecule has 0 aromatic heterocycles. The van der Waals surface area contributed by atoms with Crippen molar-refractivity contribution in [3.8, 4) is 0 Å². The van der Waals surface area contributed by atoms with Gasteiger partial charge in [0.05, 0.1) is 0 Å². The summed E-state index contributed by atoms with van der Waals surface area (Å²) in [5.74, 6) is 0.648. The summed E-state index contributed by atoms with van der Waals surface area (Å²) in [5, 5.41) is 3.18. The SMILES string of the molecule is CNCC(C)/C(C)=C\CN(C)C. The quantitative estimate of drug-likeness (QED) is 0.627. The van der Waals surface area contributed by atoms with Crippen molar-refractivity contribution in [2.45, 2.75) is 13.8 Å². The molecule has 1 N–H and O–H groups in total. The first-order valence-corrected chi connectivity index (χ1v) is 4.54. The second kappa shape index (κ2) is 6.21. The smallest absolute Gasteiger partial charge is 0.0159 e. The van der Waals surface area contributed by atoms with Crippen LogP contribution in [0.1, 0.15) is 13.8 Å². The van der Waals surface area contributed by atoms with Gasteiger partial charge >= 0.3 is 0 Å². The molecule has 72 valence electrons. The van der Waals surface area contributed by atoms with Crippen molar-refractivity contribution in [2.24, 2.45) is 5.92 Å². The van der Waals surface area contributed by atoms with Crippen LogP contribution in [0.4, 0.5) is 0 Å². The molecule has 0 aromatic rings. The Balaban J connectivity index is 3.81. The lowest BCUT2D eigenvalue weighted by Crippen LogP contribution is -2.18. The van der Waals surface area contributed by atoms with E-state index in [1.54, 1.807) is 0 Å². The lowest BCUT2D eigenvalue weighted by molar-refractivity contribution is 0.453. The number of likely N-dealkylation sites (N-methyl/N-ethyl adjacent to an activating group) is 1. The maximum Gasteiger partial charge on any atom is 0.0159 e. The molecule has 2 nitrogen and oxygen atoms in total. The molecule has 0 heterocycles. The fourth-order valence-corrected chi connectivity index (χ4v) is 0.995. The summed E-state index contributed by atoms with van der Waals surface area (Å²) in [6, 6.07) is 0. The van der Waals surface area contributed by atoms with Crippen LogP contribution in [0.3, 0.4) is 0 Å². The van der Waals surface area contributed by atoms with Crippen molar-refractivity contribution in [1.82, 2.24) is 10.2 Å². The monoisotopic (exact) mass is 170 g/mol. The summed E-state index contributed by atoms with van der Waals surface area (Å²) in [6.45, 7) is 6.55. The number of nitrogens with one attached hydrogen (secondary N) is 1. The van der Waals surface area contributed by atoms with Gasteiger partial charge in [-0.25, -0.2) is 0 Å². The molecule has 0 bridgehead atoms. The summed E-state index contributed by atoms with van der Waals surface area (Å²) in [5.41, 5.74) is 1.47. The van der Waals surface area contributed by atoms with E-state index in [-0.39, 0.29) is 0 Å². The largest absolute Gasteiger partial charge is 0.319 e. The first-order chi connectivity index (χ1) is 5.57. The van der Waals surface area contributed by atoms with E-state index < -0.39 is 0 Å². The van der Waals surface area contributed by atoms with E-state index in [0.717, 1.165) is 13.1 Å². The Bertz CT molecular complexity index is 139. The fourth-order valence-electron chi connectivity index (χ4n) is 0.995. The zero-order valence-corrected chi connectivity index (χ0v) is 9.02. The fraction of sp³-hybridized carbons (Fsp3) is 0.800. The predicted molar refractivity (Wildman–Crippen MR) is 55.4 cm³/mol. The molecule has 0 saturated carbocycles. The van der Waals surface area contributed by atoms with Crippen molar-refractivity contribution in [2.75, 3.05) is 34.2 Å². The third kappa shape index (κ3) is 5.33. The minimum atomic E-state index is 0.648. The van der Waals surface area contributed by atoms with Gasteiger partial charge in [-0.15, -0.1) is 0 Å². The zero-order chi connectivity index (χ0) is 9.56. The third-order valence-electron chi connectivity index (χ3n) is 2.07.